The molecule has 0 aliphatic rings. The number of carbonyl (C=O) groups excluding carboxylic acids is 1. The number of rotatable bonds is 5. The van der Waals surface area contributed by atoms with E-state index in [4.69, 9.17) is 9.72 Å². The molecule has 0 radical (unpaired) electrons. The van der Waals surface area contributed by atoms with Crippen molar-refractivity contribution in [2.75, 3.05) is 6.54 Å². The number of nitrogens with one attached hydrogen (secondary N) is 1. The van der Waals surface area contributed by atoms with E-state index in [0.717, 1.165) is 28.3 Å². The molecule has 6 heteroatoms. The first-order valence-corrected chi connectivity index (χ1v) is 9.12. The van der Waals surface area contributed by atoms with Gasteiger partial charge in [-0.05, 0) is 50.2 Å². The summed E-state index contributed by atoms with van der Waals surface area (Å²) in [7, 11) is 0. The number of nitrogens with zero attached hydrogens (tertiary/aromatic N) is 3. The molecule has 0 saturated carbocycles. The molecule has 0 atom stereocenters. The minimum Gasteiger partial charge on any atom is -0.453 e. The lowest BCUT2D eigenvalue weighted by Gasteiger charge is -2.08. The lowest BCUT2D eigenvalue weighted by molar-refractivity contribution is 0.0951. The van der Waals surface area contributed by atoms with Gasteiger partial charge in [-0.25, -0.2) is 4.98 Å². The fraction of sp³-hybridized carbons (Fsp3) is 0.136. The molecule has 0 bridgehead atoms. The molecule has 1 amide bonds. The maximum atomic E-state index is 11.9. The molecule has 1 N–H and O–H groups in total. The quantitative estimate of drug-likeness (QED) is 0.569. The standard InChI is InChI=1S/C22H20N4O2/c1-3-23-22(27)18-12-11-16(14-24-18)20-15(2)25-21-19(10-7-13-26(20)21)28-17-8-5-4-6-9-17/h4-14H,3H2,1-2H3,(H,23,27). The molecule has 3 heterocycles. The molecular formula is C22H20N4O2. The number of hydrogen-bond donors (Lipinski definition) is 1. The topological polar surface area (TPSA) is 68.5 Å². The van der Waals surface area contributed by atoms with Crippen LogP contribution < -0.4 is 10.1 Å². The summed E-state index contributed by atoms with van der Waals surface area (Å²) in [6.45, 7) is 4.40. The highest BCUT2D eigenvalue weighted by Gasteiger charge is 2.16. The third-order valence-corrected chi connectivity index (χ3v) is 4.37. The molecule has 1 aromatic carbocycles. The van der Waals surface area contributed by atoms with Crippen LogP contribution in [0, 0.1) is 6.92 Å². The average molecular weight is 372 g/mol. The number of benzene rings is 1. The lowest BCUT2D eigenvalue weighted by Crippen LogP contribution is -2.23. The van der Waals surface area contributed by atoms with Crippen molar-refractivity contribution in [2.45, 2.75) is 13.8 Å². The fourth-order valence-electron chi connectivity index (χ4n) is 3.12. The molecule has 4 rings (SSSR count). The van der Waals surface area contributed by atoms with E-state index in [1.54, 1.807) is 12.3 Å². The molecule has 0 aliphatic heterocycles. The summed E-state index contributed by atoms with van der Waals surface area (Å²) in [6, 6.07) is 17.1. The van der Waals surface area contributed by atoms with E-state index >= 15 is 0 Å². The summed E-state index contributed by atoms with van der Waals surface area (Å²) in [4.78, 5) is 20.9. The normalized spacial score (nSPS) is 10.8. The van der Waals surface area contributed by atoms with E-state index in [1.165, 1.54) is 0 Å². The maximum absolute atomic E-state index is 11.9. The molecule has 0 saturated heterocycles. The number of hydrogen-bond acceptors (Lipinski definition) is 4. The molecule has 6 nitrogen and oxygen atoms in total. The van der Waals surface area contributed by atoms with Crippen molar-refractivity contribution in [1.29, 1.82) is 0 Å². The fourth-order valence-corrected chi connectivity index (χ4v) is 3.12. The van der Waals surface area contributed by atoms with Crippen LogP contribution in [0.25, 0.3) is 16.9 Å². The Morgan fingerprint density at radius 1 is 1.11 bits per heavy atom. The number of ether oxygens (including phenoxy) is 1. The van der Waals surface area contributed by atoms with Crippen LogP contribution in [0.1, 0.15) is 23.1 Å². The Balaban J connectivity index is 1.73. The number of aromatic nitrogens is 3. The van der Waals surface area contributed by atoms with E-state index in [9.17, 15) is 4.79 Å². The predicted molar refractivity (Wildman–Crippen MR) is 108 cm³/mol. The van der Waals surface area contributed by atoms with Crippen molar-refractivity contribution in [3.63, 3.8) is 0 Å². The number of aryl methyl sites for hydroxylation is 1. The van der Waals surface area contributed by atoms with Gasteiger partial charge in [0.05, 0.1) is 11.4 Å². The highest BCUT2D eigenvalue weighted by Crippen LogP contribution is 2.31. The molecule has 0 fully saturated rings. The Bertz CT molecular complexity index is 1120. The van der Waals surface area contributed by atoms with Crippen LogP contribution in [0.15, 0.2) is 67.0 Å². The first kappa shape index (κ1) is 17.7. The van der Waals surface area contributed by atoms with Gasteiger partial charge in [-0.1, -0.05) is 18.2 Å². The van der Waals surface area contributed by atoms with Crippen molar-refractivity contribution < 1.29 is 9.53 Å². The van der Waals surface area contributed by atoms with Gasteiger partial charge in [0.25, 0.3) is 5.91 Å². The molecular weight excluding hydrogens is 352 g/mol. The van der Waals surface area contributed by atoms with Crippen LogP contribution in [-0.4, -0.2) is 26.8 Å². The minimum atomic E-state index is -0.178. The van der Waals surface area contributed by atoms with Gasteiger partial charge < -0.3 is 10.1 Å². The second-order valence-corrected chi connectivity index (χ2v) is 6.32. The highest BCUT2D eigenvalue weighted by atomic mass is 16.5. The van der Waals surface area contributed by atoms with Gasteiger partial charge in [-0.3, -0.25) is 14.2 Å². The second kappa shape index (κ2) is 7.52. The van der Waals surface area contributed by atoms with Gasteiger partial charge in [-0.2, -0.15) is 0 Å². The number of para-hydroxylation sites is 1. The Labute approximate surface area is 162 Å². The summed E-state index contributed by atoms with van der Waals surface area (Å²) in [5.41, 5.74) is 3.78. The van der Waals surface area contributed by atoms with E-state index in [-0.39, 0.29) is 5.91 Å². The largest absolute Gasteiger partial charge is 0.453 e. The molecule has 4 aromatic rings. The first-order chi connectivity index (χ1) is 13.7. The molecule has 0 spiro atoms. The van der Waals surface area contributed by atoms with E-state index in [1.807, 2.05) is 73.0 Å². The number of pyridine rings is 2. The average Bonchev–Trinajstić information content (AvgIpc) is 3.06. The highest BCUT2D eigenvalue weighted by molar-refractivity contribution is 5.92. The summed E-state index contributed by atoms with van der Waals surface area (Å²) in [5.74, 6) is 1.25. The van der Waals surface area contributed by atoms with E-state index < -0.39 is 0 Å². The minimum absolute atomic E-state index is 0.178. The van der Waals surface area contributed by atoms with E-state index in [2.05, 4.69) is 10.3 Å². The lowest BCUT2D eigenvalue weighted by atomic mass is 10.1. The summed E-state index contributed by atoms with van der Waals surface area (Å²) < 4.78 is 8.00. The Morgan fingerprint density at radius 3 is 2.64 bits per heavy atom. The molecule has 3 aromatic heterocycles. The van der Waals surface area contributed by atoms with Crippen LogP contribution in [-0.2, 0) is 0 Å². The Kier molecular flexibility index (Phi) is 4.76. The van der Waals surface area contributed by atoms with Crippen LogP contribution >= 0.6 is 0 Å². The van der Waals surface area contributed by atoms with Gasteiger partial charge in [0, 0.05) is 24.5 Å². The second-order valence-electron chi connectivity index (χ2n) is 6.32. The van der Waals surface area contributed by atoms with Crippen molar-refractivity contribution in [3.8, 4) is 22.8 Å². The van der Waals surface area contributed by atoms with Crippen LogP contribution in [0.2, 0.25) is 0 Å². The van der Waals surface area contributed by atoms with Crippen LogP contribution in [0.3, 0.4) is 0 Å². The zero-order valence-electron chi connectivity index (χ0n) is 15.7. The van der Waals surface area contributed by atoms with Crippen LogP contribution in [0.5, 0.6) is 11.5 Å². The first-order valence-electron chi connectivity index (χ1n) is 9.12. The van der Waals surface area contributed by atoms with Gasteiger partial charge in [0.1, 0.15) is 11.4 Å². The zero-order chi connectivity index (χ0) is 19.5. The summed E-state index contributed by atoms with van der Waals surface area (Å²) in [6.07, 6.45) is 3.64. The third-order valence-electron chi connectivity index (χ3n) is 4.37. The smallest absolute Gasteiger partial charge is 0.269 e. The Hall–Kier alpha value is -3.67. The number of amides is 1. The van der Waals surface area contributed by atoms with Gasteiger partial charge in [0.2, 0.25) is 0 Å². The number of carbonyl (C=O) groups is 1. The van der Waals surface area contributed by atoms with Gasteiger partial charge >= 0.3 is 0 Å². The molecule has 0 unspecified atom stereocenters. The van der Waals surface area contributed by atoms with Gasteiger partial charge in [0.15, 0.2) is 11.4 Å². The summed E-state index contributed by atoms with van der Waals surface area (Å²) in [5, 5.41) is 2.75. The molecule has 0 aliphatic carbocycles. The molecule has 28 heavy (non-hydrogen) atoms. The van der Waals surface area contributed by atoms with Crippen molar-refractivity contribution >= 4 is 11.6 Å². The molecule has 140 valence electrons. The van der Waals surface area contributed by atoms with Crippen molar-refractivity contribution in [2.24, 2.45) is 0 Å². The van der Waals surface area contributed by atoms with Crippen molar-refractivity contribution in [3.05, 3.63) is 78.4 Å². The summed E-state index contributed by atoms with van der Waals surface area (Å²) >= 11 is 0. The van der Waals surface area contributed by atoms with E-state index in [0.29, 0.717) is 18.0 Å². The van der Waals surface area contributed by atoms with Gasteiger partial charge in [-0.15, -0.1) is 0 Å². The monoisotopic (exact) mass is 372 g/mol. The SMILES string of the molecule is CCNC(=O)c1ccc(-c2c(C)nc3c(Oc4ccccc4)cccn23)cn1. The predicted octanol–water partition coefficient (Wildman–Crippen LogP) is 4.25. The number of imidazole rings is 1. The Morgan fingerprint density at radius 2 is 1.93 bits per heavy atom. The van der Waals surface area contributed by atoms with Crippen LogP contribution in [0.4, 0.5) is 0 Å². The number of fused-ring (bicyclic) bond motifs is 1. The third kappa shape index (κ3) is 3.32. The zero-order valence-corrected chi connectivity index (χ0v) is 15.7. The van der Waals surface area contributed by atoms with Crippen molar-refractivity contribution in [1.82, 2.24) is 19.7 Å². The maximum Gasteiger partial charge on any atom is 0.269 e.